The molecule has 1 aliphatic rings. The van der Waals surface area contributed by atoms with Gasteiger partial charge in [-0.05, 0) is 70.6 Å². The Bertz CT molecular complexity index is 1100. The fourth-order valence-corrected chi connectivity index (χ4v) is 6.45. The van der Waals surface area contributed by atoms with E-state index in [1.807, 2.05) is 6.08 Å². The van der Waals surface area contributed by atoms with Crippen molar-refractivity contribution in [2.45, 2.75) is 204 Å². The predicted octanol–water partition coefficient (Wildman–Crippen LogP) is 9.00. The molecular formula is C47H81NO8. The second kappa shape index (κ2) is 36.9. The molecule has 0 bridgehead atoms. The summed E-state index contributed by atoms with van der Waals surface area (Å²) < 4.78 is 11.2. The lowest BCUT2D eigenvalue weighted by atomic mass is 9.99. The Kier molecular flexibility index (Phi) is 34.1. The van der Waals surface area contributed by atoms with E-state index >= 15 is 0 Å². The number of hydrogen-bond donors (Lipinski definition) is 6. The molecule has 1 heterocycles. The summed E-state index contributed by atoms with van der Waals surface area (Å²) in [7, 11) is 0. The third-order valence-corrected chi connectivity index (χ3v) is 10.0. The number of unbranched alkanes of at least 4 members (excludes halogenated alkanes) is 15. The molecule has 0 aromatic rings. The van der Waals surface area contributed by atoms with Crippen molar-refractivity contribution in [1.29, 1.82) is 0 Å². The Labute approximate surface area is 340 Å². The van der Waals surface area contributed by atoms with Crippen LogP contribution >= 0.6 is 0 Å². The maximum absolute atomic E-state index is 12.9. The van der Waals surface area contributed by atoms with Gasteiger partial charge in [-0.3, -0.25) is 4.79 Å². The van der Waals surface area contributed by atoms with E-state index in [2.05, 4.69) is 79.9 Å². The molecule has 56 heavy (non-hydrogen) atoms. The third kappa shape index (κ3) is 27.3. The molecular weight excluding hydrogens is 707 g/mol. The SMILES string of the molecule is CC/C=C\C/C=C\C/C=C\C/C=C\CCCCCCC(=O)NC(COC1OC(CO)C(O)C(O)C1O)C(O)/C=C/CC/C=C/CCCCCCCCCCCC. The van der Waals surface area contributed by atoms with Gasteiger partial charge in [-0.2, -0.15) is 0 Å². The number of carbonyl (C=O) groups excluding carboxylic acids is 1. The van der Waals surface area contributed by atoms with Gasteiger partial charge in [0.25, 0.3) is 0 Å². The van der Waals surface area contributed by atoms with Gasteiger partial charge in [0, 0.05) is 6.42 Å². The van der Waals surface area contributed by atoms with Crippen LogP contribution in [0.3, 0.4) is 0 Å². The minimum atomic E-state index is -1.58. The average Bonchev–Trinajstić information content (AvgIpc) is 3.20. The van der Waals surface area contributed by atoms with E-state index in [0.29, 0.717) is 6.42 Å². The normalized spacial score (nSPS) is 21.9. The van der Waals surface area contributed by atoms with Gasteiger partial charge in [0.15, 0.2) is 6.29 Å². The van der Waals surface area contributed by atoms with Gasteiger partial charge in [-0.15, -0.1) is 0 Å². The summed E-state index contributed by atoms with van der Waals surface area (Å²) in [4.78, 5) is 12.9. The van der Waals surface area contributed by atoms with Gasteiger partial charge < -0.3 is 40.3 Å². The molecule has 1 amide bonds. The Morgan fingerprint density at radius 1 is 0.625 bits per heavy atom. The maximum Gasteiger partial charge on any atom is 0.220 e. The van der Waals surface area contributed by atoms with Crippen molar-refractivity contribution in [2.24, 2.45) is 0 Å². The van der Waals surface area contributed by atoms with Crippen LogP contribution in [0.5, 0.6) is 0 Å². The first-order valence-electron chi connectivity index (χ1n) is 22.2. The Hall–Kier alpha value is -2.37. The zero-order chi connectivity index (χ0) is 40.9. The second-order valence-corrected chi connectivity index (χ2v) is 15.1. The number of ether oxygens (including phenoxy) is 2. The number of rotatable bonds is 35. The molecule has 9 heteroatoms. The molecule has 0 radical (unpaired) electrons. The molecule has 7 unspecified atom stereocenters. The summed E-state index contributed by atoms with van der Waals surface area (Å²) in [5, 5.41) is 54.1. The van der Waals surface area contributed by atoms with Crippen LogP contribution in [-0.4, -0.2) is 87.5 Å². The lowest BCUT2D eigenvalue weighted by Gasteiger charge is -2.40. The lowest BCUT2D eigenvalue weighted by Crippen LogP contribution is -2.60. The van der Waals surface area contributed by atoms with Crippen molar-refractivity contribution in [1.82, 2.24) is 5.32 Å². The van der Waals surface area contributed by atoms with Crippen LogP contribution < -0.4 is 5.32 Å². The predicted molar refractivity (Wildman–Crippen MR) is 230 cm³/mol. The van der Waals surface area contributed by atoms with Crippen molar-refractivity contribution in [3.8, 4) is 0 Å². The summed E-state index contributed by atoms with van der Waals surface area (Å²) in [6, 6.07) is -0.837. The first-order chi connectivity index (χ1) is 27.3. The van der Waals surface area contributed by atoms with Gasteiger partial charge in [-0.25, -0.2) is 0 Å². The zero-order valence-electron chi connectivity index (χ0n) is 35.1. The summed E-state index contributed by atoms with van der Waals surface area (Å²) in [5.41, 5.74) is 0. The number of aliphatic hydroxyl groups excluding tert-OH is 5. The fraction of sp³-hybridized carbons (Fsp3) is 0.723. The lowest BCUT2D eigenvalue weighted by molar-refractivity contribution is -0.302. The van der Waals surface area contributed by atoms with Gasteiger partial charge in [0.1, 0.15) is 24.4 Å². The van der Waals surface area contributed by atoms with Crippen LogP contribution in [0.1, 0.15) is 162 Å². The minimum Gasteiger partial charge on any atom is -0.394 e. The van der Waals surface area contributed by atoms with Crippen molar-refractivity contribution in [3.63, 3.8) is 0 Å². The van der Waals surface area contributed by atoms with E-state index in [1.54, 1.807) is 6.08 Å². The number of allylic oxidation sites excluding steroid dienone is 11. The van der Waals surface area contributed by atoms with Crippen molar-refractivity contribution in [3.05, 3.63) is 72.9 Å². The minimum absolute atomic E-state index is 0.214. The molecule has 0 aromatic heterocycles. The number of carbonyl (C=O) groups is 1. The molecule has 1 saturated heterocycles. The number of hydrogen-bond acceptors (Lipinski definition) is 8. The van der Waals surface area contributed by atoms with E-state index in [-0.39, 0.29) is 12.5 Å². The number of nitrogens with one attached hydrogen (secondary N) is 1. The fourth-order valence-electron chi connectivity index (χ4n) is 6.45. The monoisotopic (exact) mass is 788 g/mol. The van der Waals surface area contributed by atoms with Gasteiger partial charge in [0.05, 0.1) is 25.4 Å². The number of aliphatic hydroxyl groups is 5. The molecule has 6 N–H and O–H groups in total. The molecule has 1 rings (SSSR count). The van der Waals surface area contributed by atoms with Gasteiger partial charge in [-0.1, -0.05) is 157 Å². The molecule has 322 valence electrons. The molecule has 0 saturated carbocycles. The molecule has 0 aliphatic carbocycles. The molecule has 9 nitrogen and oxygen atoms in total. The van der Waals surface area contributed by atoms with Crippen molar-refractivity contribution >= 4 is 5.91 Å². The molecule has 0 spiro atoms. The standard InChI is InChI=1S/C47H81NO8/c1-3-5-7-9-11-13-15-17-19-21-23-25-27-29-31-33-35-37-43(51)48-40(39-55-47-46(54)45(53)44(52)42(38-49)56-47)41(50)36-34-32-30-28-26-24-22-20-18-16-14-12-10-8-6-4-2/h5,7,11,13,17,19,23,25-26,28,34,36,40-42,44-47,49-50,52-54H,3-4,6,8-10,12,14-16,18,20-22,24,27,29-33,35,37-39H2,1-2H3,(H,48,51)/b7-5-,13-11-,19-17-,25-23-,28-26+,36-34+. The molecule has 1 fully saturated rings. The highest BCUT2D eigenvalue weighted by Gasteiger charge is 2.44. The summed E-state index contributed by atoms with van der Waals surface area (Å²) >= 11 is 0. The Balaban J connectivity index is 2.44. The van der Waals surface area contributed by atoms with Crippen LogP contribution in [0, 0.1) is 0 Å². The van der Waals surface area contributed by atoms with Crippen LogP contribution in [0.25, 0.3) is 0 Å². The van der Waals surface area contributed by atoms with Crippen LogP contribution in [0.15, 0.2) is 72.9 Å². The summed E-state index contributed by atoms with van der Waals surface area (Å²) in [5.74, 6) is -0.214. The quantitative estimate of drug-likeness (QED) is 0.0276. The van der Waals surface area contributed by atoms with E-state index in [1.165, 1.54) is 64.2 Å². The third-order valence-electron chi connectivity index (χ3n) is 10.0. The molecule has 1 aliphatic heterocycles. The average molecular weight is 788 g/mol. The highest BCUT2D eigenvalue weighted by atomic mass is 16.7. The first kappa shape index (κ1) is 51.6. The van der Waals surface area contributed by atoms with Crippen LogP contribution in [-0.2, 0) is 14.3 Å². The number of amides is 1. The van der Waals surface area contributed by atoms with E-state index in [4.69, 9.17) is 9.47 Å². The summed E-state index contributed by atoms with van der Waals surface area (Å²) in [6.45, 7) is 3.60. The molecule has 7 atom stereocenters. The van der Waals surface area contributed by atoms with E-state index in [0.717, 1.165) is 77.0 Å². The highest BCUT2D eigenvalue weighted by molar-refractivity contribution is 5.76. The Morgan fingerprint density at radius 2 is 1.12 bits per heavy atom. The van der Waals surface area contributed by atoms with E-state index in [9.17, 15) is 30.3 Å². The first-order valence-corrected chi connectivity index (χ1v) is 22.2. The largest absolute Gasteiger partial charge is 0.394 e. The van der Waals surface area contributed by atoms with Crippen molar-refractivity contribution in [2.75, 3.05) is 13.2 Å². The topological polar surface area (TPSA) is 149 Å². The molecule has 0 aromatic carbocycles. The van der Waals surface area contributed by atoms with Gasteiger partial charge >= 0.3 is 0 Å². The smallest absolute Gasteiger partial charge is 0.220 e. The van der Waals surface area contributed by atoms with Crippen LogP contribution in [0.2, 0.25) is 0 Å². The second-order valence-electron chi connectivity index (χ2n) is 15.1. The summed E-state index contributed by atoms with van der Waals surface area (Å²) in [6.07, 6.45) is 42.3. The zero-order valence-corrected chi connectivity index (χ0v) is 35.1. The van der Waals surface area contributed by atoms with E-state index < -0.39 is 49.5 Å². The highest BCUT2D eigenvalue weighted by Crippen LogP contribution is 2.22. The van der Waals surface area contributed by atoms with Crippen LogP contribution in [0.4, 0.5) is 0 Å². The maximum atomic E-state index is 12.9. The van der Waals surface area contributed by atoms with Gasteiger partial charge in [0.2, 0.25) is 5.91 Å². The Morgan fingerprint density at radius 3 is 1.71 bits per heavy atom. The van der Waals surface area contributed by atoms with Crippen molar-refractivity contribution < 1.29 is 39.8 Å².